The summed E-state index contributed by atoms with van der Waals surface area (Å²) >= 11 is 12.6. The lowest BCUT2D eigenvalue weighted by molar-refractivity contribution is -0.135. The van der Waals surface area contributed by atoms with Crippen LogP contribution in [0.5, 0.6) is 0 Å². The molecule has 2 N–H and O–H groups in total. The fourth-order valence-corrected chi connectivity index (χ4v) is 6.22. The number of halogens is 2. The van der Waals surface area contributed by atoms with Gasteiger partial charge in [0.2, 0.25) is 5.91 Å². The predicted molar refractivity (Wildman–Crippen MR) is 178 cm³/mol. The van der Waals surface area contributed by atoms with Crippen molar-refractivity contribution in [3.63, 3.8) is 0 Å². The van der Waals surface area contributed by atoms with E-state index in [1.807, 2.05) is 65.6 Å². The summed E-state index contributed by atoms with van der Waals surface area (Å²) in [7, 11) is 0. The number of esters is 1. The maximum atomic E-state index is 14.1. The molecule has 232 valence electrons. The van der Waals surface area contributed by atoms with Crippen LogP contribution in [0, 0.1) is 5.92 Å². The summed E-state index contributed by atoms with van der Waals surface area (Å²) in [4.78, 5) is 41.0. The van der Waals surface area contributed by atoms with E-state index in [1.165, 1.54) is 11.6 Å². The lowest BCUT2D eigenvalue weighted by Crippen LogP contribution is -2.46. The summed E-state index contributed by atoms with van der Waals surface area (Å²) in [6, 6.07) is 29.5. The summed E-state index contributed by atoms with van der Waals surface area (Å²) in [6.45, 7) is 2.14. The fraction of sp³-hybridized carbons (Fsp3) is 0.250. The first kappa shape index (κ1) is 32.1. The number of ether oxygens (including phenoxy) is 1. The number of carbonyl (C=O) groups excluding carboxylic acids is 3. The summed E-state index contributed by atoms with van der Waals surface area (Å²) in [5.41, 5.74) is 5.10. The van der Waals surface area contributed by atoms with Gasteiger partial charge in [0.25, 0.3) is 0 Å². The zero-order valence-electron chi connectivity index (χ0n) is 25.0. The van der Waals surface area contributed by atoms with Crippen molar-refractivity contribution >= 4 is 46.8 Å². The molecule has 4 aromatic carbocycles. The van der Waals surface area contributed by atoms with Gasteiger partial charge in [-0.2, -0.15) is 0 Å². The Labute approximate surface area is 273 Å². The first-order valence-electron chi connectivity index (χ1n) is 15.0. The van der Waals surface area contributed by atoms with Gasteiger partial charge in [-0.25, -0.2) is 9.59 Å². The molecule has 0 radical (unpaired) electrons. The molecule has 2 unspecified atom stereocenters. The Hall–Kier alpha value is -4.33. The second-order valence-corrected chi connectivity index (χ2v) is 11.8. The van der Waals surface area contributed by atoms with Crippen molar-refractivity contribution in [3.8, 4) is 0 Å². The molecule has 0 fully saturated rings. The smallest absolute Gasteiger partial charge is 0.338 e. The molecule has 5 rings (SSSR count). The van der Waals surface area contributed by atoms with Gasteiger partial charge in [0.1, 0.15) is 0 Å². The van der Waals surface area contributed by atoms with Crippen LogP contribution in [0.15, 0.2) is 97.1 Å². The van der Waals surface area contributed by atoms with Gasteiger partial charge in [0.05, 0.1) is 34.8 Å². The highest BCUT2D eigenvalue weighted by atomic mass is 35.5. The number of carbonyl (C=O) groups is 3. The number of urea groups is 1. The molecule has 2 atom stereocenters. The van der Waals surface area contributed by atoms with Crippen molar-refractivity contribution in [1.29, 1.82) is 0 Å². The Morgan fingerprint density at radius 2 is 1.64 bits per heavy atom. The standard InChI is InChI=1S/C36H35Cl2N3O4/c1-2-45-35(43)28-12-8-13-29(21-28)40-36(44)39-22-33(42)41(23-24-9-4-3-5-10-24)34-27(17-16-26-11-6-7-14-30(26)34)19-25-15-18-31(37)32(38)20-25/h3-15,18,20-21,27,34H,2,16-17,19,22-23H2,1H3,(H2,39,40,44). The highest BCUT2D eigenvalue weighted by molar-refractivity contribution is 6.42. The van der Waals surface area contributed by atoms with E-state index in [2.05, 4.69) is 22.8 Å². The molecular formula is C36H35Cl2N3O4. The number of nitrogens with zero attached hydrogens (tertiary/aromatic N) is 1. The Bertz CT molecular complexity index is 1660. The van der Waals surface area contributed by atoms with Crippen LogP contribution in [0.4, 0.5) is 10.5 Å². The molecule has 9 heteroatoms. The second kappa shape index (κ2) is 15.1. The van der Waals surface area contributed by atoms with Crippen LogP contribution in [0.3, 0.4) is 0 Å². The molecular weight excluding hydrogens is 609 g/mol. The zero-order valence-corrected chi connectivity index (χ0v) is 26.5. The van der Waals surface area contributed by atoms with E-state index in [-0.39, 0.29) is 31.0 Å². The Balaban J connectivity index is 1.39. The minimum atomic E-state index is -0.555. The summed E-state index contributed by atoms with van der Waals surface area (Å²) in [5.74, 6) is -0.587. The van der Waals surface area contributed by atoms with E-state index in [0.717, 1.165) is 29.5 Å². The van der Waals surface area contributed by atoms with E-state index < -0.39 is 12.0 Å². The Morgan fingerprint density at radius 3 is 2.42 bits per heavy atom. The molecule has 0 bridgehead atoms. The van der Waals surface area contributed by atoms with Crippen LogP contribution in [0.1, 0.15) is 52.0 Å². The zero-order chi connectivity index (χ0) is 31.8. The SMILES string of the molecule is CCOC(=O)c1cccc(NC(=O)NCC(=O)N(Cc2ccccc2)C2c3ccccc3CCC2Cc2ccc(Cl)c(Cl)c2)c1. The molecule has 0 aliphatic heterocycles. The van der Waals surface area contributed by atoms with Crippen LogP contribution >= 0.6 is 23.2 Å². The van der Waals surface area contributed by atoms with Crippen molar-refractivity contribution in [2.75, 3.05) is 18.5 Å². The quantitative estimate of drug-likeness (QED) is 0.172. The van der Waals surface area contributed by atoms with Crippen LogP contribution < -0.4 is 10.6 Å². The minimum absolute atomic E-state index is 0.101. The number of hydrogen-bond acceptors (Lipinski definition) is 4. The average Bonchev–Trinajstić information content (AvgIpc) is 3.05. The van der Waals surface area contributed by atoms with E-state index in [1.54, 1.807) is 25.1 Å². The van der Waals surface area contributed by atoms with Crippen LogP contribution in [-0.4, -0.2) is 36.0 Å². The fourth-order valence-electron chi connectivity index (χ4n) is 5.90. The van der Waals surface area contributed by atoms with Crippen molar-refractivity contribution in [2.45, 2.75) is 38.8 Å². The van der Waals surface area contributed by atoms with Gasteiger partial charge in [0, 0.05) is 12.2 Å². The molecule has 3 amide bonds. The number of fused-ring (bicyclic) bond motifs is 1. The number of amides is 3. The molecule has 0 aromatic heterocycles. The highest BCUT2D eigenvalue weighted by Crippen LogP contribution is 2.41. The van der Waals surface area contributed by atoms with Crippen LogP contribution in [0.2, 0.25) is 10.0 Å². The minimum Gasteiger partial charge on any atom is -0.462 e. The van der Waals surface area contributed by atoms with Gasteiger partial charge in [0.15, 0.2) is 0 Å². The number of nitrogens with one attached hydrogen (secondary N) is 2. The number of aryl methyl sites for hydroxylation is 1. The van der Waals surface area contributed by atoms with Crippen molar-refractivity contribution in [2.24, 2.45) is 5.92 Å². The van der Waals surface area contributed by atoms with E-state index in [0.29, 0.717) is 34.3 Å². The van der Waals surface area contributed by atoms with Crippen LogP contribution in [-0.2, 0) is 28.9 Å². The maximum absolute atomic E-state index is 14.1. The number of rotatable bonds is 10. The second-order valence-electron chi connectivity index (χ2n) is 11.0. The number of benzene rings is 4. The molecule has 1 aliphatic rings. The van der Waals surface area contributed by atoms with Crippen molar-refractivity contribution in [1.82, 2.24) is 10.2 Å². The summed E-state index contributed by atoms with van der Waals surface area (Å²) in [6.07, 6.45) is 2.49. The van der Waals surface area contributed by atoms with E-state index >= 15 is 0 Å². The summed E-state index contributed by atoms with van der Waals surface area (Å²) in [5, 5.41) is 6.45. The summed E-state index contributed by atoms with van der Waals surface area (Å²) < 4.78 is 5.05. The van der Waals surface area contributed by atoms with Crippen LogP contribution in [0.25, 0.3) is 0 Å². The average molecular weight is 645 g/mol. The number of anilines is 1. The number of hydrogen-bond donors (Lipinski definition) is 2. The van der Waals surface area contributed by atoms with Gasteiger partial charge < -0.3 is 20.3 Å². The Morgan fingerprint density at radius 1 is 0.867 bits per heavy atom. The normalized spacial score (nSPS) is 15.4. The first-order valence-corrected chi connectivity index (χ1v) is 15.7. The third-order valence-corrected chi connectivity index (χ3v) is 8.71. The lowest BCUT2D eigenvalue weighted by atomic mass is 9.76. The van der Waals surface area contributed by atoms with Gasteiger partial charge in [-0.15, -0.1) is 0 Å². The van der Waals surface area contributed by atoms with Crippen molar-refractivity contribution in [3.05, 3.63) is 135 Å². The predicted octanol–water partition coefficient (Wildman–Crippen LogP) is 7.87. The largest absolute Gasteiger partial charge is 0.462 e. The monoisotopic (exact) mass is 643 g/mol. The molecule has 7 nitrogen and oxygen atoms in total. The Kier molecular flexibility index (Phi) is 10.8. The molecule has 0 saturated carbocycles. The topological polar surface area (TPSA) is 87.7 Å². The maximum Gasteiger partial charge on any atom is 0.338 e. The van der Waals surface area contributed by atoms with Crippen molar-refractivity contribution < 1.29 is 19.1 Å². The third-order valence-electron chi connectivity index (χ3n) is 7.97. The molecule has 1 aliphatic carbocycles. The molecule has 4 aromatic rings. The first-order chi connectivity index (χ1) is 21.8. The van der Waals surface area contributed by atoms with E-state index in [9.17, 15) is 14.4 Å². The van der Waals surface area contributed by atoms with Gasteiger partial charge in [-0.1, -0.05) is 89.9 Å². The van der Waals surface area contributed by atoms with Gasteiger partial charge in [-0.3, -0.25) is 4.79 Å². The third kappa shape index (κ3) is 8.24. The molecule has 45 heavy (non-hydrogen) atoms. The highest BCUT2D eigenvalue weighted by Gasteiger charge is 2.36. The van der Waals surface area contributed by atoms with E-state index in [4.69, 9.17) is 27.9 Å². The molecule has 0 saturated heterocycles. The van der Waals surface area contributed by atoms with Gasteiger partial charge >= 0.3 is 12.0 Å². The molecule has 0 spiro atoms. The lowest BCUT2D eigenvalue weighted by Gasteiger charge is -2.42. The van der Waals surface area contributed by atoms with Gasteiger partial charge in [-0.05, 0) is 84.7 Å². The molecule has 0 heterocycles.